The van der Waals surface area contributed by atoms with Crippen molar-refractivity contribution in [1.29, 1.82) is 0 Å². The molecule has 0 saturated heterocycles. The minimum atomic E-state index is 0.559. The van der Waals surface area contributed by atoms with Gasteiger partial charge < -0.3 is 10.6 Å². The molecule has 0 atom stereocenters. The molecule has 1 rings (SSSR count). The van der Waals surface area contributed by atoms with Crippen molar-refractivity contribution in [2.24, 2.45) is 5.73 Å². The fourth-order valence-electron chi connectivity index (χ4n) is 1.33. The highest BCUT2D eigenvalue weighted by atomic mass is 15.1. The van der Waals surface area contributed by atoms with E-state index >= 15 is 0 Å². The van der Waals surface area contributed by atoms with Crippen molar-refractivity contribution in [1.82, 2.24) is 0 Å². The van der Waals surface area contributed by atoms with Crippen LogP contribution in [0.4, 0.5) is 5.69 Å². The zero-order valence-corrected chi connectivity index (χ0v) is 7.96. The number of hydrogen-bond donors (Lipinski definition) is 1. The fourth-order valence-corrected chi connectivity index (χ4v) is 1.33. The summed E-state index contributed by atoms with van der Waals surface area (Å²) in [6, 6.07) is 6.38. The van der Waals surface area contributed by atoms with Crippen LogP contribution in [0.1, 0.15) is 11.1 Å². The van der Waals surface area contributed by atoms with Crippen molar-refractivity contribution in [3.63, 3.8) is 0 Å². The third kappa shape index (κ3) is 1.77. The number of benzene rings is 1. The van der Waals surface area contributed by atoms with Crippen LogP contribution in [-0.4, -0.2) is 13.7 Å². The topological polar surface area (TPSA) is 29.3 Å². The van der Waals surface area contributed by atoms with Crippen LogP contribution in [0, 0.1) is 13.8 Å². The predicted octanol–water partition coefficient (Wildman–Crippen LogP) is 1.66. The molecular formula is C10H16N2. The molecule has 0 saturated carbocycles. The van der Waals surface area contributed by atoms with Gasteiger partial charge in [-0.1, -0.05) is 17.7 Å². The number of hydrogen-bond acceptors (Lipinski definition) is 2. The fraction of sp³-hybridized carbons (Fsp3) is 0.400. The standard InChI is InChI=1S/C10H16N2/c1-8-4-5-10(9(2)6-8)12(3)7-11/h4-6H,7,11H2,1-3H3. The zero-order chi connectivity index (χ0) is 9.14. The van der Waals surface area contributed by atoms with Crippen LogP contribution >= 0.6 is 0 Å². The lowest BCUT2D eigenvalue weighted by Gasteiger charge is -2.19. The first-order valence-corrected chi connectivity index (χ1v) is 4.13. The average Bonchev–Trinajstić information content (AvgIpc) is 2.03. The predicted molar refractivity (Wildman–Crippen MR) is 53.4 cm³/mol. The van der Waals surface area contributed by atoms with Gasteiger partial charge in [0.25, 0.3) is 0 Å². The Bertz CT molecular complexity index is 269. The highest BCUT2D eigenvalue weighted by Gasteiger charge is 2.01. The van der Waals surface area contributed by atoms with Crippen molar-refractivity contribution >= 4 is 5.69 Å². The summed E-state index contributed by atoms with van der Waals surface area (Å²) in [7, 11) is 2.00. The van der Waals surface area contributed by atoms with Crippen molar-refractivity contribution in [3.8, 4) is 0 Å². The zero-order valence-electron chi connectivity index (χ0n) is 7.96. The third-order valence-corrected chi connectivity index (χ3v) is 2.04. The Hall–Kier alpha value is -1.02. The smallest absolute Gasteiger partial charge is 0.0653 e. The first-order valence-electron chi connectivity index (χ1n) is 4.13. The minimum absolute atomic E-state index is 0.559. The Morgan fingerprint density at radius 3 is 2.50 bits per heavy atom. The van der Waals surface area contributed by atoms with Crippen LogP contribution < -0.4 is 10.6 Å². The van der Waals surface area contributed by atoms with E-state index in [0.717, 1.165) is 0 Å². The van der Waals surface area contributed by atoms with Gasteiger partial charge in [0.15, 0.2) is 0 Å². The SMILES string of the molecule is Cc1ccc(N(C)CN)c(C)c1. The normalized spacial score (nSPS) is 10.0. The van der Waals surface area contributed by atoms with E-state index in [9.17, 15) is 0 Å². The summed E-state index contributed by atoms with van der Waals surface area (Å²) < 4.78 is 0. The highest BCUT2D eigenvalue weighted by molar-refractivity contribution is 5.53. The van der Waals surface area contributed by atoms with E-state index in [1.165, 1.54) is 16.8 Å². The van der Waals surface area contributed by atoms with Crippen LogP contribution in [0.15, 0.2) is 18.2 Å². The molecule has 0 aliphatic rings. The molecule has 2 heteroatoms. The van der Waals surface area contributed by atoms with E-state index in [4.69, 9.17) is 5.73 Å². The van der Waals surface area contributed by atoms with Gasteiger partial charge in [-0.25, -0.2) is 0 Å². The first-order chi connectivity index (χ1) is 5.65. The number of nitrogens with two attached hydrogens (primary N) is 1. The van der Waals surface area contributed by atoms with Gasteiger partial charge in [-0.2, -0.15) is 0 Å². The monoisotopic (exact) mass is 164 g/mol. The highest BCUT2D eigenvalue weighted by Crippen LogP contribution is 2.18. The maximum Gasteiger partial charge on any atom is 0.0653 e. The minimum Gasteiger partial charge on any atom is -0.362 e. The Balaban J connectivity index is 3.01. The summed E-state index contributed by atoms with van der Waals surface area (Å²) >= 11 is 0. The molecular weight excluding hydrogens is 148 g/mol. The second kappa shape index (κ2) is 3.59. The molecule has 0 spiro atoms. The summed E-state index contributed by atoms with van der Waals surface area (Å²) in [5, 5.41) is 0. The lowest BCUT2D eigenvalue weighted by Crippen LogP contribution is -2.25. The number of anilines is 1. The lowest BCUT2D eigenvalue weighted by atomic mass is 10.1. The molecule has 2 nitrogen and oxygen atoms in total. The van der Waals surface area contributed by atoms with Crippen molar-refractivity contribution in [3.05, 3.63) is 29.3 Å². The first kappa shape index (κ1) is 9.07. The molecule has 0 aliphatic carbocycles. The van der Waals surface area contributed by atoms with Gasteiger partial charge in [0.2, 0.25) is 0 Å². The van der Waals surface area contributed by atoms with E-state index < -0.39 is 0 Å². The number of aryl methyl sites for hydroxylation is 2. The van der Waals surface area contributed by atoms with Crippen LogP contribution in [0.25, 0.3) is 0 Å². The van der Waals surface area contributed by atoms with Crippen LogP contribution in [-0.2, 0) is 0 Å². The molecule has 0 heterocycles. The number of rotatable bonds is 2. The molecule has 0 aromatic heterocycles. The van der Waals surface area contributed by atoms with Gasteiger partial charge in [-0.3, -0.25) is 0 Å². The van der Waals surface area contributed by atoms with Crippen LogP contribution in [0.2, 0.25) is 0 Å². The van der Waals surface area contributed by atoms with Gasteiger partial charge in [0.05, 0.1) is 6.67 Å². The molecule has 0 aliphatic heterocycles. The van der Waals surface area contributed by atoms with Gasteiger partial charge in [-0.15, -0.1) is 0 Å². The molecule has 0 fully saturated rings. The molecule has 0 unspecified atom stereocenters. The van der Waals surface area contributed by atoms with Gasteiger partial charge in [0.1, 0.15) is 0 Å². The van der Waals surface area contributed by atoms with E-state index in [0.29, 0.717) is 6.67 Å². The Morgan fingerprint density at radius 2 is 2.00 bits per heavy atom. The lowest BCUT2D eigenvalue weighted by molar-refractivity contribution is 0.927. The molecule has 66 valence electrons. The second-order valence-electron chi connectivity index (χ2n) is 3.17. The Morgan fingerprint density at radius 1 is 1.33 bits per heavy atom. The van der Waals surface area contributed by atoms with E-state index in [1.54, 1.807) is 0 Å². The quantitative estimate of drug-likeness (QED) is 0.673. The second-order valence-corrected chi connectivity index (χ2v) is 3.17. The molecule has 1 aromatic rings. The maximum absolute atomic E-state index is 5.54. The molecule has 0 amide bonds. The summed E-state index contributed by atoms with van der Waals surface area (Å²) in [6.07, 6.45) is 0. The summed E-state index contributed by atoms with van der Waals surface area (Å²) in [5.74, 6) is 0. The maximum atomic E-state index is 5.54. The number of nitrogens with zero attached hydrogens (tertiary/aromatic N) is 1. The summed E-state index contributed by atoms with van der Waals surface area (Å²) in [4.78, 5) is 2.04. The van der Waals surface area contributed by atoms with Crippen molar-refractivity contribution < 1.29 is 0 Å². The third-order valence-electron chi connectivity index (χ3n) is 2.04. The molecule has 0 bridgehead atoms. The summed E-state index contributed by atoms with van der Waals surface area (Å²) in [5.41, 5.74) is 9.32. The molecule has 2 N–H and O–H groups in total. The molecule has 12 heavy (non-hydrogen) atoms. The summed E-state index contributed by atoms with van der Waals surface area (Å²) in [6.45, 7) is 4.76. The van der Waals surface area contributed by atoms with E-state index in [1.807, 2.05) is 11.9 Å². The van der Waals surface area contributed by atoms with Gasteiger partial charge in [0, 0.05) is 12.7 Å². The van der Waals surface area contributed by atoms with Gasteiger partial charge >= 0.3 is 0 Å². The van der Waals surface area contributed by atoms with Crippen LogP contribution in [0.5, 0.6) is 0 Å². The van der Waals surface area contributed by atoms with Crippen LogP contribution in [0.3, 0.4) is 0 Å². The Kier molecular flexibility index (Phi) is 2.71. The molecule has 0 radical (unpaired) electrons. The van der Waals surface area contributed by atoms with Gasteiger partial charge in [-0.05, 0) is 25.5 Å². The Labute approximate surface area is 74.0 Å². The van der Waals surface area contributed by atoms with Crippen molar-refractivity contribution in [2.45, 2.75) is 13.8 Å². The van der Waals surface area contributed by atoms with Crippen molar-refractivity contribution in [2.75, 3.05) is 18.6 Å². The largest absolute Gasteiger partial charge is 0.362 e. The average molecular weight is 164 g/mol. The molecule has 1 aromatic carbocycles. The van der Waals surface area contributed by atoms with E-state index in [2.05, 4.69) is 32.0 Å². The van der Waals surface area contributed by atoms with E-state index in [-0.39, 0.29) is 0 Å².